The SMILES string of the molecule is CCCCCCCCCCCCCCCCC(=O)OC[C@@H](COC(=O)CCCCCCCCCCCCCCC)OC(=O)CCCCCCCCCCCCCC. The largest absolute Gasteiger partial charge is 0.462 e. The molecule has 57 heavy (non-hydrogen) atoms. The molecule has 338 valence electrons. The zero-order valence-corrected chi connectivity index (χ0v) is 38.6. The molecule has 6 nitrogen and oxygen atoms in total. The number of carbonyl (C=O) groups excluding carboxylic acids is 3. The highest BCUT2D eigenvalue weighted by atomic mass is 16.6. The lowest BCUT2D eigenvalue weighted by Gasteiger charge is -2.18. The maximum Gasteiger partial charge on any atom is 0.306 e. The maximum atomic E-state index is 12.7. The Morgan fingerprint density at radius 1 is 0.281 bits per heavy atom. The summed E-state index contributed by atoms with van der Waals surface area (Å²) in [5, 5.41) is 0. The summed E-state index contributed by atoms with van der Waals surface area (Å²) in [5.41, 5.74) is 0. The first kappa shape index (κ1) is 55.4. The van der Waals surface area contributed by atoms with E-state index in [2.05, 4.69) is 20.8 Å². The van der Waals surface area contributed by atoms with Crippen molar-refractivity contribution in [1.82, 2.24) is 0 Å². The maximum absolute atomic E-state index is 12.7. The minimum atomic E-state index is -0.759. The van der Waals surface area contributed by atoms with Crippen LogP contribution in [0.4, 0.5) is 0 Å². The first-order valence-electron chi connectivity index (χ1n) is 25.5. The van der Waals surface area contributed by atoms with Crippen molar-refractivity contribution < 1.29 is 28.6 Å². The lowest BCUT2D eigenvalue weighted by Crippen LogP contribution is -2.30. The first-order chi connectivity index (χ1) is 28.0. The predicted octanol–water partition coefficient (Wildman–Crippen LogP) is 16.4. The molecule has 0 bridgehead atoms. The van der Waals surface area contributed by atoms with Crippen LogP contribution in [-0.4, -0.2) is 37.2 Å². The Bertz CT molecular complexity index is 844. The van der Waals surface area contributed by atoms with Crippen LogP contribution >= 0.6 is 0 Å². The van der Waals surface area contributed by atoms with E-state index in [1.807, 2.05) is 0 Å². The summed E-state index contributed by atoms with van der Waals surface area (Å²) >= 11 is 0. The van der Waals surface area contributed by atoms with Crippen molar-refractivity contribution in [3.63, 3.8) is 0 Å². The summed E-state index contributed by atoms with van der Waals surface area (Å²) < 4.78 is 16.8. The number of hydrogen-bond donors (Lipinski definition) is 0. The fraction of sp³-hybridized carbons (Fsp3) is 0.941. The summed E-state index contributed by atoms with van der Waals surface area (Å²) in [6.07, 6.45) is 49.3. The Hall–Kier alpha value is -1.59. The molecule has 0 unspecified atom stereocenters. The summed E-state index contributed by atoms with van der Waals surface area (Å²) in [6, 6.07) is 0. The number of carbonyl (C=O) groups is 3. The van der Waals surface area contributed by atoms with Crippen molar-refractivity contribution in [3.05, 3.63) is 0 Å². The molecular weight excluding hydrogens is 709 g/mol. The van der Waals surface area contributed by atoms with Gasteiger partial charge in [-0.2, -0.15) is 0 Å². The summed E-state index contributed by atoms with van der Waals surface area (Å²) in [4.78, 5) is 37.9. The number of unbranched alkanes of at least 4 members (excludes halogenated alkanes) is 36. The van der Waals surface area contributed by atoms with Gasteiger partial charge in [-0.15, -0.1) is 0 Å². The van der Waals surface area contributed by atoms with Crippen LogP contribution in [0.1, 0.15) is 290 Å². The molecule has 0 aromatic carbocycles. The first-order valence-corrected chi connectivity index (χ1v) is 25.5. The molecule has 0 radical (unpaired) electrons. The lowest BCUT2D eigenvalue weighted by molar-refractivity contribution is -0.167. The normalized spacial score (nSPS) is 11.8. The van der Waals surface area contributed by atoms with Gasteiger partial charge in [0, 0.05) is 19.3 Å². The van der Waals surface area contributed by atoms with Crippen molar-refractivity contribution in [2.24, 2.45) is 0 Å². The molecule has 0 aromatic heterocycles. The Labute approximate surface area is 355 Å². The van der Waals surface area contributed by atoms with Crippen LogP contribution in [0.25, 0.3) is 0 Å². The standard InChI is InChI=1S/C51H98O6/c1-4-7-10-13-16-19-22-25-27-30-32-35-38-41-44-50(53)56-47-48(57-51(54)45-42-39-36-33-28-24-21-18-15-12-9-6-3)46-55-49(52)43-40-37-34-31-29-26-23-20-17-14-11-8-5-2/h48H,4-47H2,1-3H3/t48-/m1/s1. The van der Waals surface area contributed by atoms with Gasteiger partial charge in [0.15, 0.2) is 6.10 Å². The van der Waals surface area contributed by atoms with Crippen molar-refractivity contribution in [3.8, 4) is 0 Å². The third-order valence-electron chi connectivity index (χ3n) is 11.6. The fourth-order valence-electron chi connectivity index (χ4n) is 7.74. The van der Waals surface area contributed by atoms with E-state index in [-0.39, 0.29) is 31.1 Å². The second-order valence-electron chi connectivity index (χ2n) is 17.5. The van der Waals surface area contributed by atoms with Crippen LogP contribution in [0.3, 0.4) is 0 Å². The number of ether oxygens (including phenoxy) is 3. The Balaban J connectivity index is 4.30. The van der Waals surface area contributed by atoms with Gasteiger partial charge in [-0.3, -0.25) is 14.4 Å². The van der Waals surface area contributed by atoms with Crippen LogP contribution in [0, 0.1) is 0 Å². The molecule has 0 amide bonds. The highest BCUT2D eigenvalue weighted by Gasteiger charge is 2.19. The minimum Gasteiger partial charge on any atom is -0.462 e. The van der Waals surface area contributed by atoms with Gasteiger partial charge in [0.25, 0.3) is 0 Å². The molecule has 0 heterocycles. The third-order valence-corrected chi connectivity index (χ3v) is 11.6. The van der Waals surface area contributed by atoms with E-state index in [0.29, 0.717) is 19.3 Å². The zero-order valence-electron chi connectivity index (χ0n) is 38.6. The average molecular weight is 807 g/mol. The minimum absolute atomic E-state index is 0.0619. The number of hydrogen-bond acceptors (Lipinski definition) is 6. The van der Waals surface area contributed by atoms with Crippen LogP contribution in [-0.2, 0) is 28.6 Å². The molecule has 0 spiro atoms. The van der Waals surface area contributed by atoms with E-state index >= 15 is 0 Å². The molecular formula is C51H98O6. The van der Waals surface area contributed by atoms with Gasteiger partial charge in [0.2, 0.25) is 0 Å². The van der Waals surface area contributed by atoms with E-state index in [0.717, 1.165) is 57.8 Å². The zero-order chi connectivity index (χ0) is 41.5. The fourth-order valence-corrected chi connectivity index (χ4v) is 7.74. The van der Waals surface area contributed by atoms with Gasteiger partial charge in [0.1, 0.15) is 13.2 Å². The summed E-state index contributed by atoms with van der Waals surface area (Å²) in [6.45, 7) is 6.67. The Morgan fingerprint density at radius 2 is 0.474 bits per heavy atom. The van der Waals surface area contributed by atoms with Crippen LogP contribution in [0.2, 0.25) is 0 Å². The van der Waals surface area contributed by atoms with Gasteiger partial charge >= 0.3 is 17.9 Å². The van der Waals surface area contributed by atoms with E-state index in [1.165, 1.54) is 193 Å². The average Bonchev–Trinajstić information content (AvgIpc) is 3.21. The third kappa shape index (κ3) is 45.3. The lowest BCUT2D eigenvalue weighted by atomic mass is 10.0. The van der Waals surface area contributed by atoms with Crippen molar-refractivity contribution in [2.45, 2.75) is 297 Å². The monoisotopic (exact) mass is 807 g/mol. The molecule has 0 saturated carbocycles. The summed E-state index contributed by atoms with van der Waals surface area (Å²) in [5.74, 6) is -0.842. The van der Waals surface area contributed by atoms with Crippen LogP contribution in [0.15, 0.2) is 0 Å². The highest BCUT2D eigenvalue weighted by Crippen LogP contribution is 2.16. The second kappa shape index (κ2) is 47.1. The van der Waals surface area contributed by atoms with Crippen LogP contribution in [0.5, 0.6) is 0 Å². The number of esters is 3. The van der Waals surface area contributed by atoms with Crippen molar-refractivity contribution >= 4 is 17.9 Å². The molecule has 0 rings (SSSR count). The molecule has 6 heteroatoms. The van der Waals surface area contributed by atoms with E-state index < -0.39 is 6.10 Å². The van der Waals surface area contributed by atoms with Gasteiger partial charge in [-0.05, 0) is 19.3 Å². The summed E-state index contributed by atoms with van der Waals surface area (Å²) in [7, 11) is 0. The smallest absolute Gasteiger partial charge is 0.306 e. The van der Waals surface area contributed by atoms with Gasteiger partial charge < -0.3 is 14.2 Å². The van der Waals surface area contributed by atoms with Crippen LogP contribution < -0.4 is 0 Å². The quantitative estimate of drug-likeness (QED) is 0.0346. The molecule has 0 aliphatic rings. The molecule has 0 aromatic rings. The predicted molar refractivity (Wildman–Crippen MR) is 243 cm³/mol. The van der Waals surface area contributed by atoms with Gasteiger partial charge in [-0.25, -0.2) is 0 Å². The molecule has 0 fully saturated rings. The number of rotatable bonds is 47. The van der Waals surface area contributed by atoms with E-state index in [9.17, 15) is 14.4 Å². The van der Waals surface area contributed by atoms with E-state index in [1.54, 1.807) is 0 Å². The highest BCUT2D eigenvalue weighted by molar-refractivity contribution is 5.71. The topological polar surface area (TPSA) is 78.9 Å². The molecule has 0 saturated heterocycles. The van der Waals surface area contributed by atoms with Crippen molar-refractivity contribution in [2.75, 3.05) is 13.2 Å². The molecule has 0 aliphatic heterocycles. The molecule has 0 N–H and O–H groups in total. The van der Waals surface area contributed by atoms with Crippen molar-refractivity contribution in [1.29, 1.82) is 0 Å². The molecule has 1 atom stereocenters. The Kier molecular flexibility index (Phi) is 45.8. The van der Waals surface area contributed by atoms with Gasteiger partial charge in [-0.1, -0.05) is 252 Å². The molecule has 0 aliphatic carbocycles. The van der Waals surface area contributed by atoms with E-state index in [4.69, 9.17) is 14.2 Å². The Morgan fingerprint density at radius 3 is 0.702 bits per heavy atom. The van der Waals surface area contributed by atoms with Gasteiger partial charge in [0.05, 0.1) is 0 Å². The second-order valence-corrected chi connectivity index (χ2v) is 17.5.